The Morgan fingerprint density at radius 2 is 1.32 bits per heavy atom. The third-order valence-electron chi connectivity index (χ3n) is 11.8. The summed E-state index contributed by atoms with van der Waals surface area (Å²) in [4.78, 5) is 69.8. The predicted molar refractivity (Wildman–Crippen MR) is 209 cm³/mol. The first-order valence-corrected chi connectivity index (χ1v) is 19.6. The first-order chi connectivity index (χ1) is 27.0. The minimum atomic E-state index is -0.687. The van der Waals surface area contributed by atoms with Crippen LogP contribution in [0.3, 0.4) is 0 Å². The van der Waals surface area contributed by atoms with Crippen molar-refractivity contribution in [3.05, 3.63) is 72.6 Å². The van der Waals surface area contributed by atoms with Gasteiger partial charge in [0.05, 0.1) is 50.0 Å². The summed E-state index contributed by atoms with van der Waals surface area (Å²) in [6, 6.07) is 15.5. The van der Waals surface area contributed by atoms with Crippen LogP contribution in [-0.4, -0.2) is 86.7 Å². The molecule has 2 saturated carbocycles. The highest BCUT2D eigenvalue weighted by Gasteiger charge is 2.54. The number of benzene rings is 2. The SMILES string of the molecule is COC(=O)N[C@H](C(=O)N1CCC[C@H]1c1ncc(-c2ccc(-c3ccc(-c4cnc(C5C6CCC(C6)C5C(=O)N(NC(=O)OC)C(C)C)[nH]4)cc3)cc2)[nH]1)C(C)C. The molecule has 2 bridgehead atoms. The third-order valence-corrected chi connectivity index (χ3v) is 11.8. The summed E-state index contributed by atoms with van der Waals surface area (Å²) in [7, 11) is 2.58. The van der Waals surface area contributed by atoms with Crippen molar-refractivity contribution in [1.82, 2.24) is 40.6 Å². The van der Waals surface area contributed by atoms with Crippen LogP contribution in [0.2, 0.25) is 0 Å². The minimum Gasteiger partial charge on any atom is -0.453 e. The topological polar surface area (TPSA) is 175 Å². The lowest BCUT2D eigenvalue weighted by Crippen LogP contribution is -2.53. The van der Waals surface area contributed by atoms with Crippen LogP contribution in [0.5, 0.6) is 0 Å². The van der Waals surface area contributed by atoms with E-state index in [1.807, 2.05) is 38.8 Å². The van der Waals surface area contributed by atoms with Crippen LogP contribution < -0.4 is 10.7 Å². The van der Waals surface area contributed by atoms with Gasteiger partial charge in [0.1, 0.15) is 17.7 Å². The molecule has 3 heterocycles. The molecule has 56 heavy (non-hydrogen) atoms. The largest absolute Gasteiger partial charge is 0.453 e. The number of fused-ring (bicyclic) bond motifs is 2. The Hall–Kier alpha value is -5.66. The average Bonchev–Trinajstić information content (AvgIpc) is 4.06. The first-order valence-electron chi connectivity index (χ1n) is 19.6. The van der Waals surface area contributed by atoms with E-state index in [0.29, 0.717) is 12.5 Å². The molecule has 4 aromatic rings. The highest BCUT2D eigenvalue weighted by atomic mass is 16.5. The molecule has 4 amide bonds. The van der Waals surface area contributed by atoms with E-state index in [4.69, 9.17) is 14.5 Å². The Morgan fingerprint density at radius 1 is 0.768 bits per heavy atom. The van der Waals surface area contributed by atoms with E-state index in [1.165, 1.54) is 19.2 Å². The number of aromatic amines is 2. The molecule has 296 valence electrons. The van der Waals surface area contributed by atoms with E-state index in [0.717, 1.165) is 77.4 Å². The smallest absolute Gasteiger partial charge is 0.425 e. The summed E-state index contributed by atoms with van der Waals surface area (Å²) in [5, 5.41) is 4.11. The van der Waals surface area contributed by atoms with Gasteiger partial charge in [0, 0.05) is 18.5 Å². The van der Waals surface area contributed by atoms with Gasteiger partial charge in [-0.1, -0.05) is 62.4 Å². The molecule has 4 unspecified atom stereocenters. The molecular formula is C42H52N8O6. The van der Waals surface area contributed by atoms with E-state index in [1.54, 1.807) is 6.20 Å². The van der Waals surface area contributed by atoms with Crippen LogP contribution >= 0.6 is 0 Å². The fourth-order valence-electron chi connectivity index (χ4n) is 8.97. The number of imidazole rings is 2. The highest BCUT2D eigenvalue weighted by molar-refractivity contribution is 5.86. The molecule has 1 aliphatic heterocycles. The van der Waals surface area contributed by atoms with Gasteiger partial charge >= 0.3 is 12.2 Å². The van der Waals surface area contributed by atoms with Gasteiger partial charge in [-0.05, 0) is 86.0 Å². The van der Waals surface area contributed by atoms with Crippen molar-refractivity contribution in [1.29, 1.82) is 0 Å². The van der Waals surface area contributed by atoms with E-state index < -0.39 is 18.2 Å². The van der Waals surface area contributed by atoms with Crippen molar-refractivity contribution in [2.24, 2.45) is 23.7 Å². The fraction of sp³-hybridized carbons (Fsp3) is 0.476. The number of amides is 4. The number of H-pyrrole nitrogens is 2. The molecule has 7 rings (SSSR count). The average molecular weight is 765 g/mol. The van der Waals surface area contributed by atoms with Crippen molar-refractivity contribution in [3.8, 4) is 33.6 Å². The van der Waals surface area contributed by atoms with Gasteiger partial charge in [-0.15, -0.1) is 0 Å². The lowest BCUT2D eigenvalue weighted by atomic mass is 9.78. The molecule has 1 saturated heterocycles. The number of hydrazine groups is 1. The van der Waals surface area contributed by atoms with E-state index in [2.05, 4.69) is 74.2 Å². The standard InChI is InChI=1S/C42H52N8O6/c1-23(2)36(47-41(53)55-5)40(52)49-19-7-8-33(49)37-43-21-31(45-37)27-13-9-25(10-14-27)26-11-15-28(16-12-26)32-22-44-38(46-32)34-29-17-18-30(20-29)35(34)39(51)50(24(3)4)48-42(54)56-6/h9-16,21-24,29-30,33-36H,7-8,17-20H2,1-6H3,(H,43,45)(H,44,46)(H,47,53)(H,48,54)/t29?,30?,33-,34?,35?,36-/m0/s1. The number of carbonyl (C=O) groups excluding carboxylic acids is 4. The maximum absolute atomic E-state index is 13.9. The van der Waals surface area contributed by atoms with Gasteiger partial charge in [-0.3, -0.25) is 9.59 Å². The zero-order valence-corrected chi connectivity index (χ0v) is 32.9. The highest BCUT2D eigenvalue weighted by Crippen LogP contribution is 2.56. The van der Waals surface area contributed by atoms with Crippen molar-refractivity contribution in [2.75, 3.05) is 20.8 Å². The maximum Gasteiger partial charge on any atom is 0.425 e. The Kier molecular flexibility index (Phi) is 11.2. The number of hydrogen-bond acceptors (Lipinski definition) is 8. The molecule has 2 aliphatic carbocycles. The zero-order chi connectivity index (χ0) is 39.7. The molecule has 6 atom stereocenters. The van der Waals surface area contributed by atoms with Gasteiger partial charge in [-0.25, -0.2) is 30.0 Å². The summed E-state index contributed by atoms with van der Waals surface area (Å²) in [5.41, 5.74) is 8.48. The monoisotopic (exact) mass is 764 g/mol. The zero-order valence-electron chi connectivity index (χ0n) is 32.9. The lowest BCUT2D eigenvalue weighted by Gasteiger charge is -2.35. The molecule has 2 aromatic carbocycles. The quantitative estimate of drug-likeness (QED) is 0.127. The van der Waals surface area contributed by atoms with Gasteiger partial charge in [-0.2, -0.15) is 0 Å². The molecule has 2 aromatic heterocycles. The van der Waals surface area contributed by atoms with E-state index in [-0.39, 0.29) is 47.6 Å². The summed E-state index contributed by atoms with van der Waals surface area (Å²) in [6.45, 7) is 8.15. The number of hydrogen-bond donors (Lipinski definition) is 4. The first kappa shape index (κ1) is 38.6. The molecular weight excluding hydrogens is 713 g/mol. The number of aromatic nitrogens is 4. The van der Waals surface area contributed by atoms with Gasteiger partial charge in [0.15, 0.2) is 0 Å². The number of nitrogens with one attached hydrogen (secondary N) is 4. The summed E-state index contributed by atoms with van der Waals surface area (Å²) in [5.74, 6) is 1.50. The molecule has 3 fully saturated rings. The fourth-order valence-corrected chi connectivity index (χ4v) is 8.97. The second-order valence-electron chi connectivity index (χ2n) is 15.9. The van der Waals surface area contributed by atoms with Crippen LogP contribution in [0.1, 0.15) is 83.4 Å². The van der Waals surface area contributed by atoms with Crippen molar-refractivity contribution < 1.29 is 28.7 Å². The molecule has 0 radical (unpaired) electrons. The van der Waals surface area contributed by atoms with Gasteiger partial charge in [0.2, 0.25) is 11.8 Å². The van der Waals surface area contributed by atoms with E-state index in [9.17, 15) is 19.2 Å². The van der Waals surface area contributed by atoms with E-state index >= 15 is 0 Å². The number of nitrogens with zero attached hydrogens (tertiary/aromatic N) is 4. The number of carbonyl (C=O) groups is 4. The Labute approximate surface area is 327 Å². The van der Waals surface area contributed by atoms with Crippen LogP contribution in [0.4, 0.5) is 9.59 Å². The van der Waals surface area contributed by atoms with Gasteiger partial charge < -0.3 is 29.7 Å². The Bertz CT molecular complexity index is 2040. The molecule has 3 aliphatic rings. The number of methoxy groups -OCH3 is 2. The molecule has 0 spiro atoms. The second-order valence-corrected chi connectivity index (χ2v) is 15.9. The summed E-state index contributed by atoms with van der Waals surface area (Å²) in [6.07, 6.45) is 7.05. The molecule has 4 N–H and O–H groups in total. The van der Waals surface area contributed by atoms with Crippen LogP contribution in [-0.2, 0) is 19.1 Å². The Balaban J connectivity index is 1.02. The van der Waals surface area contributed by atoms with Crippen LogP contribution in [0.15, 0.2) is 60.9 Å². The van der Waals surface area contributed by atoms with Crippen molar-refractivity contribution >= 4 is 24.0 Å². The van der Waals surface area contributed by atoms with Crippen molar-refractivity contribution in [2.45, 2.75) is 83.8 Å². The molecule has 14 heteroatoms. The van der Waals surface area contributed by atoms with Crippen molar-refractivity contribution in [3.63, 3.8) is 0 Å². The lowest BCUT2D eigenvalue weighted by molar-refractivity contribution is -0.143. The Morgan fingerprint density at radius 3 is 1.89 bits per heavy atom. The van der Waals surface area contributed by atoms with Gasteiger partial charge in [0.25, 0.3) is 0 Å². The van der Waals surface area contributed by atoms with Crippen LogP contribution in [0, 0.1) is 23.7 Å². The number of likely N-dealkylation sites (tertiary alicyclic amines) is 1. The maximum atomic E-state index is 13.9. The number of alkyl carbamates (subject to hydrolysis) is 1. The summed E-state index contributed by atoms with van der Waals surface area (Å²) >= 11 is 0. The minimum absolute atomic E-state index is 0.0494. The van der Waals surface area contributed by atoms with Crippen LogP contribution in [0.25, 0.3) is 33.6 Å². The third kappa shape index (κ3) is 7.61. The number of ether oxygens (including phenoxy) is 2. The summed E-state index contributed by atoms with van der Waals surface area (Å²) < 4.78 is 9.55. The normalized spacial score (nSPS) is 22.0. The second kappa shape index (κ2) is 16.2. The molecule has 14 nitrogen and oxygen atoms in total. The predicted octanol–water partition coefficient (Wildman–Crippen LogP) is 6.82. The number of rotatable bonds is 10.